The minimum Gasteiger partial charge on any atom is -0.434 e. The van der Waals surface area contributed by atoms with E-state index in [1.807, 2.05) is 0 Å². The summed E-state index contributed by atoms with van der Waals surface area (Å²) < 4.78 is 10.4. The molecule has 1 aliphatic rings. The molecule has 1 rings (SSSR count). The highest BCUT2D eigenvalue weighted by Gasteiger charge is 2.21. The molecule has 4 heteroatoms. The van der Waals surface area contributed by atoms with Crippen molar-refractivity contribution in [2.75, 3.05) is 26.2 Å². The first-order valence-corrected chi connectivity index (χ1v) is 4.79. The molecule has 0 aromatic carbocycles. The van der Waals surface area contributed by atoms with Gasteiger partial charge in [0.05, 0.1) is 13.2 Å². The SMILES string of the molecule is CCC(=O)OC1CN(CC)CCO1. The minimum absolute atomic E-state index is 0.192. The van der Waals surface area contributed by atoms with Crippen molar-refractivity contribution >= 4 is 5.97 Å². The van der Waals surface area contributed by atoms with Crippen LogP contribution in [0.3, 0.4) is 0 Å². The van der Waals surface area contributed by atoms with Crippen molar-refractivity contribution in [1.82, 2.24) is 4.90 Å². The second-order valence-electron chi connectivity index (χ2n) is 3.04. The van der Waals surface area contributed by atoms with E-state index in [4.69, 9.17) is 9.47 Å². The molecule has 0 saturated carbocycles. The number of hydrogen-bond donors (Lipinski definition) is 0. The zero-order chi connectivity index (χ0) is 9.68. The van der Waals surface area contributed by atoms with Crippen LogP contribution in [0.4, 0.5) is 0 Å². The van der Waals surface area contributed by atoms with Crippen molar-refractivity contribution in [1.29, 1.82) is 0 Å². The van der Waals surface area contributed by atoms with Crippen LogP contribution in [0, 0.1) is 0 Å². The fourth-order valence-corrected chi connectivity index (χ4v) is 1.26. The number of rotatable bonds is 3. The Morgan fingerprint density at radius 1 is 1.62 bits per heavy atom. The van der Waals surface area contributed by atoms with Crippen LogP contribution < -0.4 is 0 Å². The Kier molecular flexibility index (Phi) is 4.18. The molecule has 0 aliphatic carbocycles. The monoisotopic (exact) mass is 187 g/mol. The average Bonchev–Trinajstić information content (AvgIpc) is 2.18. The molecule has 1 aliphatic heterocycles. The third-order valence-electron chi connectivity index (χ3n) is 2.12. The summed E-state index contributed by atoms with van der Waals surface area (Å²) >= 11 is 0. The summed E-state index contributed by atoms with van der Waals surface area (Å²) in [7, 11) is 0. The molecule has 0 aromatic rings. The van der Waals surface area contributed by atoms with Gasteiger partial charge in [0.2, 0.25) is 6.29 Å². The van der Waals surface area contributed by atoms with E-state index in [9.17, 15) is 4.79 Å². The summed E-state index contributed by atoms with van der Waals surface area (Å²) in [6.45, 7) is 7.12. The number of nitrogens with zero attached hydrogens (tertiary/aromatic N) is 1. The zero-order valence-corrected chi connectivity index (χ0v) is 8.28. The van der Waals surface area contributed by atoms with E-state index in [-0.39, 0.29) is 12.3 Å². The van der Waals surface area contributed by atoms with Crippen molar-refractivity contribution in [3.8, 4) is 0 Å². The minimum atomic E-state index is -0.360. The molecular formula is C9H17NO3. The van der Waals surface area contributed by atoms with E-state index in [1.54, 1.807) is 6.92 Å². The molecule has 76 valence electrons. The lowest BCUT2D eigenvalue weighted by atomic mass is 10.4. The van der Waals surface area contributed by atoms with Gasteiger partial charge in [0, 0.05) is 13.0 Å². The number of hydrogen-bond acceptors (Lipinski definition) is 4. The Balaban J connectivity index is 2.29. The maximum atomic E-state index is 11.0. The van der Waals surface area contributed by atoms with Gasteiger partial charge in [-0.3, -0.25) is 9.69 Å². The Hall–Kier alpha value is -0.610. The van der Waals surface area contributed by atoms with E-state index in [0.717, 1.165) is 13.1 Å². The van der Waals surface area contributed by atoms with Crippen LogP contribution in [0.15, 0.2) is 0 Å². The average molecular weight is 187 g/mol. The molecular weight excluding hydrogens is 170 g/mol. The van der Waals surface area contributed by atoms with E-state index >= 15 is 0 Å². The normalized spacial score (nSPS) is 24.3. The molecule has 0 N–H and O–H groups in total. The van der Waals surface area contributed by atoms with Gasteiger partial charge < -0.3 is 9.47 Å². The first kappa shape index (κ1) is 10.5. The smallest absolute Gasteiger partial charge is 0.307 e. The molecule has 1 fully saturated rings. The van der Waals surface area contributed by atoms with Crippen molar-refractivity contribution in [3.63, 3.8) is 0 Å². The fraction of sp³-hybridized carbons (Fsp3) is 0.889. The Morgan fingerprint density at radius 2 is 2.38 bits per heavy atom. The molecule has 0 spiro atoms. The Labute approximate surface area is 78.8 Å². The molecule has 0 amide bonds. The second kappa shape index (κ2) is 5.19. The molecule has 1 saturated heterocycles. The fourth-order valence-electron chi connectivity index (χ4n) is 1.26. The standard InChI is InChI=1S/C9H17NO3/c1-3-8(11)13-9-7-10(4-2)5-6-12-9/h9H,3-7H2,1-2H3. The maximum Gasteiger partial charge on any atom is 0.307 e. The second-order valence-corrected chi connectivity index (χ2v) is 3.04. The molecule has 13 heavy (non-hydrogen) atoms. The van der Waals surface area contributed by atoms with E-state index in [1.165, 1.54) is 0 Å². The van der Waals surface area contributed by atoms with Crippen molar-refractivity contribution in [3.05, 3.63) is 0 Å². The number of carbonyl (C=O) groups is 1. The van der Waals surface area contributed by atoms with Crippen LogP contribution in [0.25, 0.3) is 0 Å². The van der Waals surface area contributed by atoms with Gasteiger partial charge in [-0.1, -0.05) is 13.8 Å². The summed E-state index contributed by atoms with van der Waals surface area (Å²) in [5.74, 6) is -0.192. The van der Waals surface area contributed by atoms with Gasteiger partial charge in [0.15, 0.2) is 0 Å². The zero-order valence-electron chi connectivity index (χ0n) is 8.28. The van der Waals surface area contributed by atoms with Crippen molar-refractivity contribution in [2.24, 2.45) is 0 Å². The highest BCUT2D eigenvalue weighted by molar-refractivity contribution is 5.68. The van der Waals surface area contributed by atoms with E-state index in [0.29, 0.717) is 19.6 Å². The summed E-state index contributed by atoms with van der Waals surface area (Å²) in [6, 6.07) is 0. The molecule has 1 heterocycles. The van der Waals surface area contributed by atoms with Crippen molar-refractivity contribution in [2.45, 2.75) is 26.6 Å². The largest absolute Gasteiger partial charge is 0.434 e. The number of ether oxygens (including phenoxy) is 2. The van der Waals surface area contributed by atoms with Gasteiger partial charge in [0.25, 0.3) is 0 Å². The van der Waals surface area contributed by atoms with Crippen LogP contribution >= 0.6 is 0 Å². The lowest BCUT2D eigenvalue weighted by Gasteiger charge is -2.31. The molecule has 0 bridgehead atoms. The first-order chi connectivity index (χ1) is 6.26. The van der Waals surface area contributed by atoms with Gasteiger partial charge in [-0.05, 0) is 6.54 Å². The molecule has 1 atom stereocenters. The van der Waals surface area contributed by atoms with Crippen LogP contribution in [0.1, 0.15) is 20.3 Å². The van der Waals surface area contributed by atoms with Crippen molar-refractivity contribution < 1.29 is 14.3 Å². The summed E-state index contributed by atoms with van der Waals surface area (Å²) in [4.78, 5) is 13.2. The third kappa shape index (κ3) is 3.32. The molecule has 0 radical (unpaired) electrons. The predicted molar refractivity (Wildman–Crippen MR) is 48.2 cm³/mol. The maximum absolute atomic E-state index is 11.0. The summed E-state index contributed by atoms with van der Waals surface area (Å²) in [5, 5.41) is 0. The molecule has 4 nitrogen and oxygen atoms in total. The number of esters is 1. The number of morpholine rings is 1. The van der Waals surface area contributed by atoms with E-state index < -0.39 is 0 Å². The third-order valence-corrected chi connectivity index (χ3v) is 2.12. The number of carbonyl (C=O) groups excluding carboxylic acids is 1. The Bertz CT molecular complexity index is 172. The quantitative estimate of drug-likeness (QED) is 0.607. The lowest BCUT2D eigenvalue weighted by Crippen LogP contribution is -2.44. The Morgan fingerprint density at radius 3 is 3.00 bits per heavy atom. The van der Waals surface area contributed by atoms with Gasteiger partial charge >= 0.3 is 5.97 Å². The van der Waals surface area contributed by atoms with E-state index in [2.05, 4.69) is 11.8 Å². The molecule has 1 unspecified atom stereocenters. The number of likely N-dealkylation sites (N-methyl/N-ethyl adjacent to an activating group) is 1. The summed E-state index contributed by atoms with van der Waals surface area (Å²) in [5.41, 5.74) is 0. The summed E-state index contributed by atoms with van der Waals surface area (Å²) in [6.07, 6.45) is 0.0487. The van der Waals surface area contributed by atoms with Gasteiger partial charge in [-0.2, -0.15) is 0 Å². The van der Waals surface area contributed by atoms with Crippen LogP contribution in [-0.4, -0.2) is 43.4 Å². The highest BCUT2D eigenvalue weighted by Crippen LogP contribution is 2.06. The molecule has 0 aromatic heterocycles. The lowest BCUT2D eigenvalue weighted by molar-refractivity contribution is -0.193. The van der Waals surface area contributed by atoms with Gasteiger partial charge in [0.1, 0.15) is 0 Å². The highest BCUT2D eigenvalue weighted by atomic mass is 16.7. The van der Waals surface area contributed by atoms with Crippen LogP contribution in [-0.2, 0) is 14.3 Å². The topological polar surface area (TPSA) is 38.8 Å². The van der Waals surface area contributed by atoms with Gasteiger partial charge in [-0.15, -0.1) is 0 Å². The van der Waals surface area contributed by atoms with Crippen LogP contribution in [0.2, 0.25) is 0 Å². The van der Waals surface area contributed by atoms with Crippen LogP contribution in [0.5, 0.6) is 0 Å². The van der Waals surface area contributed by atoms with Gasteiger partial charge in [-0.25, -0.2) is 0 Å². The first-order valence-electron chi connectivity index (χ1n) is 4.79. The predicted octanol–water partition coefficient (Wildman–Crippen LogP) is 0.618.